The molecule has 20 heavy (non-hydrogen) atoms. The van der Waals surface area contributed by atoms with Gasteiger partial charge in [0.05, 0.1) is 6.54 Å². The van der Waals surface area contributed by atoms with Crippen molar-refractivity contribution in [2.24, 2.45) is 0 Å². The summed E-state index contributed by atoms with van der Waals surface area (Å²) in [5.74, 6) is -0.293. The van der Waals surface area contributed by atoms with Crippen molar-refractivity contribution in [2.75, 3.05) is 32.7 Å². The average molecular weight is 279 g/mol. The molecule has 1 fully saturated rings. The highest BCUT2D eigenvalue weighted by molar-refractivity contribution is 5.78. The Balaban J connectivity index is 1.73. The molecule has 0 bridgehead atoms. The van der Waals surface area contributed by atoms with E-state index in [-0.39, 0.29) is 18.3 Å². The fourth-order valence-electron chi connectivity index (χ4n) is 2.13. The maximum absolute atomic E-state index is 13.4. The van der Waals surface area contributed by atoms with E-state index in [4.69, 9.17) is 0 Å². The highest BCUT2D eigenvalue weighted by atomic mass is 19.1. The Kier molecular flexibility index (Phi) is 5.06. The number of nitrogens with zero attached hydrogens (tertiary/aromatic N) is 2. The van der Waals surface area contributed by atoms with Gasteiger partial charge in [0.25, 0.3) is 0 Å². The fraction of sp³-hybridized carbons (Fsp3) is 0.429. The lowest BCUT2D eigenvalue weighted by molar-refractivity contribution is -0.134. The van der Waals surface area contributed by atoms with Crippen LogP contribution in [0.4, 0.5) is 4.39 Å². The number of halogens is 1. The van der Waals surface area contributed by atoms with Crippen LogP contribution in [0.3, 0.4) is 0 Å². The van der Waals surface area contributed by atoms with Crippen LogP contribution < -0.4 is 5.32 Å². The second kappa shape index (κ2) is 7.00. The number of nitrogens with one attached hydrogen (secondary N) is 1. The minimum atomic E-state index is -0.271. The normalized spacial score (nSPS) is 15.2. The van der Waals surface area contributed by atoms with Gasteiger partial charge in [-0.15, -0.1) is 0 Å². The third kappa shape index (κ3) is 3.77. The predicted octanol–water partition coefficient (Wildman–Crippen LogP) is 0.216. The Morgan fingerprint density at radius 1 is 1.25 bits per heavy atom. The van der Waals surface area contributed by atoms with Crippen molar-refractivity contribution in [2.45, 2.75) is 6.54 Å². The van der Waals surface area contributed by atoms with E-state index in [1.54, 1.807) is 28.0 Å². The van der Waals surface area contributed by atoms with Crippen LogP contribution in [0.2, 0.25) is 0 Å². The first-order valence-electron chi connectivity index (χ1n) is 6.62. The second-order valence-electron chi connectivity index (χ2n) is 4.72. The van der Waals surface area contributed by atoms with Crippen molar-refractivity contribution in [3.63, 3.8) is 0 Å². The molecule has 2 amide bonds. The van der Waals surface area contributed by atoms with Gasteiger partial charge in [0.15, 0.2) is 0 Å². The number of rotatable bonds is 5. The molecule has 0 saturated carbocycles. The minimum absolute atomic E-state index is 0.0214. The Labute approximate surface area is 117 Å². The second-order valence-corrected chi connectivity index (χ2v) is 4.72. The largest absolute Gasteiger partial charge is 0.342 e. The molecule has 5 nitrogen and oxygen atoms in total. The first kappa shape index (κ1) is 14.5. The van der Waals surface area contributed by atoms with Gasteiger partial charge in [0.1, 0.15) is 5.82 Å². The Morgan fingerprint density at radius 3 is 2.60 bits per heavy atom. The first-order chi connectivity index (χ1) is 9.70. The number of hydrogen-bond donors (Lipinski definition) is 1. The van der Waals surface area contributed by atoms with E-state index in [0.717, 1.165) is 6.41 Å². The molecule has 1 heterocycles. The van der Waals surface area contributed by atoms with Crippen molar-refractivity contribution in [3.05, 3.63) is 35.6 Å². The molecule has 0 atom stereocenters. The molecular weight excluding hydrogens is 261 g/mol. The van der Waals surface area contributed by atoms with Crippen LogP contribution in [0, 0.1) is 5.82 Å². The number of benzene rings is 1. The maximum Gasteiger partial charge on any atom is 0.236 e. The van der Waals surface area contributed by atoms with Crippen molar-refractivity contribution in [3.8, 4) is 0 Å². The van der Waals surface area contributed by atoms with Gasteiger partial charge in [-0.2, -0.15) is 0 Å². The van der Waals surface area contributed by atoms with Gasteiger partial charge in [-0.3, -0.25) is 9.59 Å². The van der Waals surface area contributed by atoms with Crippen molar-refractivity contribution >= 4 is 12.3 Å². The SMILES string of the molecule is O=CN1CCN(C(=O)CNCc2ccccc2F)CC1. The molecule has 1 aliphatic rings. The van der Waals surface area contributed by atoms with Crippen LogP contribution in [-0.4, -0.2) is 54.8 Å². The van der Waals surface area contributed by atoms with Gasteiger partial charge < -0.3 is 15.1 Å². The summed E-state index contributed by atoms with van der Waals surface area (Å²) in [6.45, 7) is 2.76. The zero-order valence-corrected chi connectivity index (χ0v) is 11.2. The summed E-state index contributed by atoms with van der Waals surface area (Å²) in [6.07, 6.45) is 0.804. The van der Waals surface area contributed by atoms with Crippen LogP contribution in [-0.2, 0) is 16.1 Å². The van der Waals surface area contributed by atoms with E-state index in [0.29, 0.717) is 38.3 Å². The molecule has 108 valence electrons. The number of piperazine rings is 1. The summed E-state index contributed by atoms with van der Waals surface area (Å²) in [5, 5.41) is 2.95. The summed E-state index contributed by atoms with van der Waals surface area (Å²) in [5.41, 5.74) is 0.547. The number of carbonyl (C=O) groups is 2. The van der Waals surface area contributed by atoms with E-state index in [1.807, 2.05) is 0 Å². The summed E-state index contributed by atoms with van der Waals surface area (Å²) >= 11 is 0. The van der Waals surface area contributed by atoms with Gasteiger partial charge in [-0.25, -0.2) is 4.39 Å². The third-order valence-electron chi connectivity index (χ3n) is 3.37. The van der Waals surface area contributed by atoms with E-state index in [2.05, 4.69) is 5.32 Å². The molecular formula is C14H18FN3O2. The molecule has 0 radical (unpaired) electrons. The molecule has 1 N–H and O–H groups in total. The van der Waals surface area contributed by atoms with Crippen LogP contribution in [0.25, 0.3) is 0 Å². The molecule has 0 unspecified atom stereocenters. The smallest absolute Gasteiger partial charge is 0.236 e. The zero-order chi connectivity index (χ0) is 14.4. The zero-order valence-electron chi connectivity index (χ0n) is 11.2. The molecule has 1 aromatic rings. The summed E-state index contributed by atoms with van der Waals surface area (Å²) < 4.78 is 13.4. The van der Waals surface area contributed by atoms with E-state index in [1.165, 1.54) is 6.07 Å². The Bertz CT molecular complexity index is 473. The van der Waals surface area contributed by atoms with Gasteiger partial charge in [0.2, 0.25) is 12.3 Å². The lowest BCUT2D eigenvalue weighted by Gasteiger charge is -2.32. The first-order valence-corrected chi connectivity index (χ1v) is 6.62. The van der Waals surface area contributed by atoms with Crippen LogP contribution in [0.15, 0.2) is 24.3 Å². The monoisotopic (exact) mass is 279 g/mol. The quantitative estimate of drug-likeness (QED) is 0.784. The molecule has 6 heteroatoms. The highest BCUT2D eigenvalue weighted by Crippen LogP contribution is 2.05. The number of amides is 2. The minimum Gasteiger partial charge on any atom is -0.342 e. The topological polar surface area (TPSA) is 52.7 Å². The summed E-state index contributed by atoms with van der Waals surface area (Å²) in [4.78, 5) is 25.9. The highest BCUT2D eigenvalue weighted by Gasteiger charge is 2.19. The van der Waals surface area contributed by atoms with Gasteiger partial charge in [0, 0.05) is 38.3 Å². The van der Waals surface area contributed by atoms with Crippen molar-refractivity contribution in [1.82, 2.24) is 15.1 Å². The lowest BCUT2D eigenvalue weighted by Crippen LogP contribution is -2.50. The molecule has 1 saturated heterocycles. The molecule has 2 rings (SSSR count). The van der Waals surface area contributed by atoms with Crippen LogP contribution in [0.5, 0.6) is 0 Å². The lowest BCUT2D eigenvalue weighted by atomic mass is 10.2. The number of carbonyl (C=O) groups excluding carboxylic acids is 2. The number of hydrogen-bond acceptors (Lipinski definition) is 3. The molecule has 0 aromatic heterocycles. The molecule has 0 spiro atoms. The maximum atomic E-state index is 13.4. The van der Waals surface area contributed by atoms with Crippen molar-refractivity contribution in [1.29, 1.82) is 0 Å². The molecule has 1 aromatic carbocycles. The predicted molar refractivity (Wildman–Crippen MR) is 72.3 cm³/mol. The van der Waals surface area contributed by atoms with E-state index in [9.17, 15) is 14.0 Å². The summed E-state index contributed by atoms with van der Waals surface area (Å²) in [7, 11) is 0. The van der Waals surface area contributed by atoms with E-state index >= 15 is 0 Å². The Morgan fingerprint density at radius 2 is 1.95 bits per heavy atom. The third-order valence-corrected chi connectivity index (χ3v) is 3.37. The van der Waals surface area contributed by atoms with Gasteiger partial charge >= 0.3 is 0 Å². The van der Waals surface area contributed by atoms with E-state index < -0.39 is 0 Å². The fourth-order valence-corrected chi connectivity index (χ4v) is 2.13. The van der Waals surface area contributed by atoms with Gasteiger partial charge in [-0.05, 0) is 6.07 Å². The van der Waals surface area contributed by atoms with Crippen LogP contribution >= 0.6 is 0 Å². The molecule has 1 aliphatic heterocycles. The van der Waals surface area contributed by atoms with Gasteiger partial charge in [-0.1, -0.05) is 18.2 Å². The van der Waals surface area contributed by atoms with Crippen molar-refractivity contribution < 1.29 is 14.0 Å². The van der Waals surface area contributed by atoms with Crippen LogP contribution in [0.1, 0.15) is 5.56 Å². The average Bonchev–Trinajstić information content (AvgIpc) is 2.49. The summed E-state index contributed by atoms with van der Waals surface area (Å²) in [6, 6.07) is 6.49. The molecule has 0 aliphatic carbocycles. The Hall–Kier alpha value is -1.95. The standard InChI is InChI=1S/C14H18FN3O2/c15-13-4-2-1-3-12(13)9-16-10-14(20)18-7-5-17(11-19)6-8-18/h1-4,11,16H,5-10H2.